The monoisotopic (exact) mass is 205 g/mol. The topological polar surface area (TPSA) is 35.2 Å². The van der Waals surface area contributed by atoms with Crippen LogP contribution in [0.2, 0.25) is 0 Å². The molecule has 1 aromatic rings. The van der Waals surface area contributed by atoms with Gasteiger partial charge in [0.15, 0.2) is 0 Å². The molecule has 0 aromatic heterocycles. The maximum atomic E-state index is 5.98. The van der Waals surface area contributed by atoms with Gasteiger partial charge in [0.2, 0.25) is 0 Å². The maximum absolute atomic E-state index is 5.98. The minimum absolute atomic E-state index is 0.362. The highest BCUT2D eigenvalue weighted by Crippen LogP contribution is 2.24. The van der Waals surface area contributed by atoms with Gasteiger partial charge in [-0.2, -0.15) is 0 Å². The number of nitrogens with two attached hydrogens (primary N) is 1. The third kappa shape index (κ3) is 3.05. The lowest BCUT2D eigenvalue weighted by Crippen LogP contribution is -2.27. The van der Waals surface area contributed by atoms with Crippen LogP contribution in [-0.2, 0) is 11.3 Å². The van der Waals surface area contributed by atoms with E-state index in [-0.39, 0.29) is 0 Å². The Kier molecular flexibility index (Phi) is 3.75. The predicted molar refractivity (Wildman–Crippen MR) is 61.4 cm³/mol. The van der Waals surface area contributed by atoms with Gasteiger partial charge in [0.25, 0.3) is 0 Å². The Bertz CT molecular complexity index is 286. The summed E-state index contributed by atoms with van der Waals surface area (Å²) in [6.07, 6.45) is 3.66. The van der Waals surface area contributed by atoms with Crippen molar-refractivity contribution in [3.05, 3.63) is 35.9 Å². The van der Waals surface area contributed by atoms with Crippen molar-refractivity contribution in [3.8, 4) is 0 Å². The van der Waals surface area contributed by atoms with Crippen molar-refractivity contribution in [3.63, 3.8) is 0 Å². The lowest BCUT2D eigenvalue weighted by molar-refractivity contribution is 0.0842. The zero-order chi connectivity index (χ0) is 10.5. The van der Waals surface area contributed by atoms with Gasteiger partial charge in [0.1, 0.15) is 0 Å². The Morgan fingerprint density at radius 2 is 2.00 bits per heavy atom. The quantitative estimate of drug-likeness (QED) is 0.818. The van der Waals surface area contributed by atoms with Crippen molar-refractivity contribution in [1.82, 2.24) is 0 Å². The van der Waals surface area contributed by atoms with E-state index in [0.29, 0.717) is 18.6 Å². The van der Waals surface area contributed by atoms with Crippen LogP contribution in [0.15, 0.2) is 30.3 Å². The van der Waals surface area contributed by atoms with E-state index in [0.717, 1.165) is 6.61 Å². The Hall–Kier alpha value is -0.860. The second kappa shape index (κ2) is 5.29. The molecule has 2 N–H and O–H groups in total. The molecule has 2 rings (SSSR count). The highest BCUT2D eigenvalue weighted by atomic mass is 16.5. The summed E-state index contributed by atoms with van der Waals surface area (Å²) in [5.74, 6) is 0.578. The molecule has 1 saturated carbocycles. The molecule has 15 heavy (non-hydrogen) atoms. The molecule has 1 aliphatic carbocycles. The minimum Gasteiger partial charge on any atom is -0.376 e. The van der Waals surface area contributed by atoms with E-state index in [1.54, 1.807) is 0 Å². The first kappa shape index (κ1) is 10.7. The summed E-state index contributed by atoms with van der Waals surface area (Å²) in [5.41, 5.74) is 7.22. The van der Waals surface area contributed by atoms with Crippen LogP contribution >= 0.6 is 0 Å². The van der Waals surface area contributed by atoms with Gasteiger partial charge in [-0.3, -0.25) is 0 Å². The Labute approximate surface area is 91.4 Å². The number of benzene rings is 1. The van der Waals surface area contributed by atoms with E-state index in [9.17, 15) is 0 Å². The first-order valence-electron chi connectivity index (χ1n) is 5.73. The molecule has 0 spiro atoms. The molecular formula is C13H19NO. The standard InChI is InChI=1S/C13H19NO/c14-13-8-4-7-12(13)10-15-9-11-5-2-1-3-6-11/h1-3,5-6,12-13H,4,7-10,14H2/t12-,13+/m1/s1. The molecule has 2 nitrogen and oxygen atoms in total. The average molecular weight is 205 g/mol. The molecule has 0 radical (unpaired) electrons. The van der Waals surface area contributed by atoms with E-state index in [4.69, 9.17) is 10.5 Å². The normalized spacial score (nSPS) is 25.7. The zero-order valence-corrected chi connectivity index (χ0v) is 9.06. The second-order valence-corrected chi connectivity index (χ2v) is 4.36. The van der Waals surface area contributed by atoms with Crippen LogP contribution < -0.4 is 5.73 Å². The summed E-state index contributed by atoms with van der Waals surface area (Å²) in [4.78, 5) is 0. The van der Waals surface area contributed by atoms with E-state index in [2.05, 4.69) is 12.1 Å². The second-order valence-electron chi connectivity index (χ2n) is 4.36. The molecule has 1 aliphatic rings. The highest BCUT2D eigenvalue weighted by molar-refractivity contribution is 5.13. The van der Waals surface area contributed by atoms with Crippen LogP contribution in [0.1, 0.15) is 24.8 Å². The molecule has 0 bridgehead atoms. The number of hydrogen-bond donors (Lipinski definition) is 1. The van der Waals surface area contributed by atoms with Crippen molar-refractivity contribution < 1.29 is 4.74 Å². The fourth-order valence-electron chi connectivity index (χ4n) is 2.17. The van der Waals surface area contributed by atoms with Crippen LogP contribution in [0.5, 0.6) is 0 Å². The zero-order valence-electron chi connectivity index (χ0n) is 9.06. The molecule has 1 fully saturated rings. The molecule has 2 atom stereocenters. The summed E-state index contributed by atoms with van der Waals surface area (Å²) >= 11 is 0. The Morgan fingerprint density at radius 3 is 2.67 bits per heavy atom. The van der Waals surface area contributed by atoms with Gasteiger partial charge in [-0.15, -0.1) is 0 Å². The lowest BCUT2D eigenvalue weighted by atomic mass is 10.1. The van der Waals surface area contributed by atoms with E-state index >= 15 is 0 Å². The highest BCUT2D eigenvalue weighted by Gasteiger charge is 2.23. The molecule has 0 amide bonds. The van der Waals surface area contributed by atoms with E-state index in [1.807, 2.05) is 18.2 Å². The van der Waals surface area contributed by atoms with Gasteiger partial charge in [-0.25, -0.2) is 0 Å². The van der Waals surface area contributed by atoms with Gasteiger partial charge < -0.3 is 10.5 Å². The predicted octanol–water partition coefficient (Wildman–Crippen LogP) is 2.33. The first-order chi connectivity index (χ1) is 7.36. The molecule has 0 saturated heterocycles. The molecule has 82 valence electrons. The summed E-state index contributed by atoms with van der Waals surface area (Å²) in [6, 6.07) is 10.7. The van der Waals surface area contributed by atoms with Gasteiger partial charge in [0.05, 0.1) is 13.2 Å². The maximum Gasteiger partial charge on any atom is 0.0717 e. The largest absolute Gasteiger partial charge is 0.376 e. The lowest BCUT2D eigenvalue weighted by Gasteiger charge is -2.15. The smallest absolute Gasteiger partial charge is 0.0717 e. The van der Waals surface area contributed by atoms with E-state index in [1.165, 1.54) is 24.8 Å². The number of hydrogen-bond acceptors (Lipinski definition) is 2. The molecular weight excluding hydrogens is 186 g/mol. The van der Waals surface area contributed by atoms with Crippen LogP contribution in [0.4, 0.5) is 0 Å². The SMILES string of the molecule is N[C@H]1CCC[C@@H]1COCc1ccccc1. The number of ether oxygens (including phenoxy) is 1. The van der Waals surface area contributed by atoms with Gasteiger partial charge >= 0.3 is 0 Å². The Balaban J connectivity index is 1.71. The fraction of sp³-hybridized carbons (Fsp3) is 0.538. The molecule has 0 heterocycles. The van der Waals surface area contributed by atoms with Gasteiger partial charge in [-0.05, 0) is 24.3 Å². The van der Waals surface area contributed by atoms with Crippen LogP contribution in [-0.4, -0.2) is 12.6 Å². The van der Waals surface area contributed by atoms with Crippen LogP contribution in [0, 0.1) is 5.92 Å². The summed E-state index contributed by atoms with van der Waals surface area (Å²) < 4.78 is 5.69. The fourth-order valence-corrected chi connectivity index (χ4v) is 2.17. The summed E-state index contributed by atoms with van der Waals surface area (Å²) in [5, 5.41) is 0. The number of rotatable bonds is 4. The third-order valence-electron chi connectivity index (χ3n) is 3.16. The van der Waals surface area contributed by atoms with Crippen molar-refractivity contribution in [2.24, 2.45) is 11.7 Å². The third-order valence-corrected chi connectivity index (χ3v) is 3.16. The minimum atomic E-state index is 0.362. The molecule has 1 aromatic carbocycles. The summed E-state index contributed by atoms with van der Waals surface area (Å²) in [6.45, 7) is 1.53. The van der Waals surface area contributed by atoms with Gasteiger partial charge in [0, 0.05) is 6.04 Å². The van der Waals surface area contributed by atoms with Crippen molar-refractivity contribution in [2.75, 3.05) is 6.61 Å². The van der Waals surface area contributed by atoms with Crippen molar-refractivity contribution >= 4 is 0 Å². The van der Waals surface area contributed by atoms with Crippen LogP contribution in [0.3, 0.4) is 0 Å². The Morgan fingerprint density at radius 1 is 1.20 bits per heavy atom. The van der Waals surface area contributed by atoms with Crippen molar-refractivity contribution in [1.29, 1.82) is 0 Å². The molecule has 2 heteroatoms. The van der Waals surface area contributed by atoms with E-state index < -0.39 is 0 Å². The van der Waals surface area contributed by atoms with Crippen molar-refractivity contribution in [2.45, 2.75) is 31.9 Å². The molecule has 0 aliphatic heterocycles. The average Bonchev–Trinajstić information content (AvgIpc) is 2.66. The summed E-state index contributed by atoms with van der Waals surface area (Å²) in [7, 11) is 0. The molecule has 0 unspecified atom stereocenters. The first-order valence-corrected chi connectivity index (χ1v) is 5.73. The van der Waals surface area contributed by atoms with Gasteiger partial charge in [-0.1, -0.05) is 36.8 Å². The van der Waals surface area contributed by atoms with Crippen LogP contribution in [0.25, 0.3) is 0 Å².